The first-order chi connectivity index (χ1) is 7.97. The second-order valence-corrected chi connectivity index (χ2v) is 3.44. The number of hydrogen-bond acceptors (Lipinski definition) is 3. The van der Waals surface area contributed by atoms with E-state index < -0.39 is 45.9 Å². The standard InChI is InChI=1S/C4F12N2S/c5-1(6,7)17(2(8,9)10)19-18(3(11,12)13)4(14,15)16. The molecule has 0 amide bonds. The van der Waals surface area contributed by atoms with Crippen LogP contribution in [-0.4, -0.2) is 33.8 Å². The van der Waals surface area contributed by atoms with Crippen LogP contribution in [0.3, 0.4) is 0 Å². The van der Waals surface area contributed by atoms with Crippen LogP contribution in [0.15, 0.2) is 0 Å². The van der Waals surface area contributed by atoms with Crippen LogP contribution in [0.4, 0.5) is 52.7 Å². The van der Waals surface area contributed by atoms with Crippen molar-refractivity contribution in [3.63, 3.8) is 0 Å². The average molecular weight is 336 g/mol. The maximum absolute atomic E-state index is 11.8. The fraction of sp³-hybridized carbons (Fsp3) is 1.00. The van der Waals surface area contributed by atoms with Crippen LogP contribution < -0.4 is 0 Å². The third-order valence-corrected chi connectivity index (χ3v) is 2.24. The Labute approximate surface area is 99.7 Å². The molecule has 0 aromatic heterocycles. The summed E-state index contributed by atoms with van der Waals surface area (Å²) in [5, 5.41) is 0. The van der Waals surface area contributed by atoms with Crippen molar-refractivity contribution in [3.8, 4) is 0 Å². The molecular formula is C4F12N2S. The number of alkyl halides is 12. The number of halogens is 12. The second kappa shape index (κ2) is 5.08. The summed E-state index contributed by atoms with van der Waals surface area (Å²) in [6.07, 6.45) is -26.0. The summed E-state index contributed by atoms with van der Waals surface area (Å²) < 4.78 is 135. The van der Waals surface area contributed by atoms with E-state index in [0.717, 1.165) is 0 Å². The minimum absolute atomic E-state index is 2.62. The van der Waals surface area contributed by atoms with Crippen LogP contribution in [0, 0.1) is 0 Å². The molecule has 0 unspecified atom stereocenters. The predicted molar refractivity (Wildman–Crippen MR) is 35.5 cm³/mol. The zero-order valence-electron chi connectivity index (χ0n) is 7.84. The van der Waals surface area contributed by atoms with Gasteiger partial charge >= 0.3 is 25.2 Å². The van der Waals surface area contributed by atoms with Gasteiger partial charge in [-0.3, -0.25) is 0 Å². The Balaban J connectivity index is 5.43. The highest BCUT2D eigenvalue weighted by molar-refractivity contribution is 7.94. The molecule has 0 rings (SSSR count). The van der Waals surface area contributed by atoms with Gasteiger partial charge in [-0.1, -0.05) is 0 Å². The Hall–Kier alpha value is -0.570. The lowest BCUT2D eigenvalue weighted by molar-refractivity contribution is -0.349. The van der Waals surface area contributed by atoms with Gasteiger partial charge in [-0.05, 0) is 8.61 Å². The topological polar surface area (TPSA) is 6.48 Å². The van der Waals surface area contributed by atoms with Gasteiger partial charge in [0.15, 0.2) is 0 Å². The van der Waals surface area contributed by atoms with Crippen LogP contribution in [0.1, 0.15) is 0 Å². The van der Waals surface area contributed by atoms with Gasteiger partial charge in [-0.15, -0.1) is 0 Å². The van der Waals surface area contributed by atoms with Crippen LogP contribution in [-0.2, 0) is 0 Å². The SMILES string of the molecule is FC(F)(F)N(SN(C(F)(F)F)C(F)(F)F)C(F)(F)F. The van der Waals surface area contributed by atoms with Gasteiger partial charge in [-0.2, -0.15) is 52.7 Å². The van der Waals surface area contributed by atoms with E-state index in [-0.39, 0.29) is 0 Å². The maximum Gasteiger partial charge on any atom is 0.477 e. The first-order valence-electron chi connectivity index (χ1n) is 3.53. The third-order valence-electron chi connectivity index (χ3n) is 1.08. The van der Waals surface area contributed by atoms with Crippen molar-refractivity contribution in [3.05, 3.63) is 0 Å². The van der Waals surface area contributed by atoms with E-state index in [0.29, 0.717) is 0 Å². The van der Waals surface area contributed by atoms with Crippen molar-refractivity contribution < 1.29 is 52.7 Å². The molecule has 0 aliphatic heterocycles. The Kier molecular flexibility index (Phi) is 4.93. The molecule has 0 saturated carbocycles. The fourth-order valence-corrected chi connectivity index (χ4v) is 1.09. The first kappa shape index (κ1) is 18.4. The highest BCUT2D eigenvalue weighted by Gasteiger charge is 2.63. The summed E-state index contributed by atoms with van der Waals surface area (Å²) >= 11 is -2.62. The molecule has 0 aromatic rings. The smallest absolute Gasteiger partial charge is 0.154 e. The van der Waals surface area contributed by atoms with E-state index in [1.165, 1.54) is 0 Å². The van der Waals surface area contributed by atoms with Crippen LogP contribution in [0.5, 0.6) is 0 Å². The van der Waals surface area contributed by atoms with Crippen LogP contribution in [0.2, 0.25) is 0 Å². The van der Waals surface area contributed by atoms with Crippen molar-refractivity contribution in [2.75, 3.05) is 0 Å². The molecule has 19 heavy (non-hydrogen) atoms. The van der Waals surface area contributed by atoms with Crippen molar-refractivity contribution in [1.29, 1.82) is 0 Å². The molecule has 0 radical (unpaired) electrons. The lowest BCUT2D eigenvalue weighted by Gasteiger charge is -2.32. The molecule has 0 aliphatic rings. The number of rotatable bonds is 2. The summed E-state index contributed by atoms with van der Waals surface area (Å²) in [6, 6.07) is 0. The summed E-state index contributed by atoms with van der Waals surface area (Å²) in [4.78, 5) is 0. The second-order valence-electron chi connectivity index (χ2n) is 2.54. The van der Waals surface area contributed by atoms with Gasteiger partial charge in [0.25, 0.3) is 0 Å². The molecule has 0 spiro atoms. The number of hydrogen-bond donors (Lipinski definition) is 0. The molecule has 0 heterocycles. The van der Waals surface area contributed by atoms with Crippen LogP contribution >= 0.6 is 12.1 Å². The first-order valence-corrected chi connectivity index (χ1v) is 4.26. The van der Waals surface area contributed by atoms with E-state index in [1.54, 1.807) is 0 Å². The summed E-state index contributed by atoms with van der Waals surface area (Å²) in [5.41, 5.74) is 0. The predicted octanol–water partition coefficient (Wildman–Crippen LogP) is 4.23. The highest BCUT2D eigenvalue weighted by Crippen LogP contribution is 2.47. The molecular weight excluding hydrogens is 336 g/mol. The molecule has 2 nitrogen and oxygen atoms in total. The molecule has 0 N–H and O–H groups in total. The molecule has 0 aliphatic carbocycles. The zero-order valence-corrected chi connectivity index (χ0v) is 8.65. The van der Waals surface area contributed by atoms with E-state index in [9.17, 15) is 52.7 Å². The lowest BCUT2D eigenvalue weighted by atomic mass is 11.0. The molecule has 0 fully saturated rings. The largest absolute Gasteiger partial charge is 0.477 e. The van der Waals surface area contributed by atoms with E-state index in [2.05, 4.69) is 0 Å². The van der Waals surface area contributed by atoms with Gasteiger partial charge in [0, 0.05) is 12.1 Å². The van der Waals surface area contributed by atoms with Gasteiger partial charge in [0.1, 0.15) is 0 Å². The molecule has 15 heteroatoms. The van der Waals surface area contributed by atoms with Crippen molar-refractivity contribution in [2.45, 2.75) is 25.2 Å². The van der Waals surface area contributed by atoms with E-state index in [1.807, 2.05) is 0 Å². The summed E-state index contributed by atoms with van der Waals surface area (Å²) in [7, 11) is 0. The normalized spacial score (nSPS) is 15.5. The Morgan fingerprint density at radius 1 is 0.421 bits per heavy atom. The molecule has 0 saturated heterocycles. The summed E-state index contributed by atoms with van der Waals surface area (Å²) in [6.45, 7) is 0. The van der Waals surface area contributed by atoms with Crippen LogP contribution in [0.25, 0.3) is 0 Å². The molecule has 0 bridgehead atoms. The summed E-state index contributed by atoms with van der Waals surface area (Å²) in [5.74, 6) is 0. The number of nitrogens with zero attached hydrogens (tertiary/aromatic N) is 2. The quantitative estimate of drug-likeness (QED) is 0.423. The Morgan fingerprint density at radius 2 is 0.579 bits per heavy atom. The molecule has 0 aromatic carbocycles. The van der Waals surface area contributed by atoms with Gasteiger partial charge in [0.05, 0.1) is 0 Å². The van der Waals surface area contributed by atoms with Gasteiger partial charge in [-0.25, -0.2) is 0 Å². The average Bonchev–Trinajstić information content (AvgIpc) is 1.91. The van der Waals surface area contributed by atoms with Crippen molar-refractivity contribution in [1.82, 2.24) is 8.61 Å². The third kappa shape index (κ3) is 5.52. The zero-order chi connectivity index (χ0) is 15.9. The Morgan fingerprint density at radius 3 is 0.684 bits per heavy atom. The lowest BCUT2D eigenvalue weighted by Crippen LogP contribution is -2.51. The minimum atomic E-state index is -6.50. The van der Waals surface area contributed by atoms with E-state index in [4.69, 9.17) is 0 Å². The monoisotopic (exact) mass is 336 g/mol. The maximum atomic E-state index is 11.8. The van der Waals surface area contributed by atoms with Gasteiger partial charge < -0.3 is 0 Å². The Bertz CT molecular complexity index is 239. The molecule has 0 atom stereocenters. The molecule has 116 valence electrons. The van der Waals surface area contributed by atoms with E-state index >= 15 is 0 Å². The van der Waals surface area contributed by atoms with Gasteiger partial charge in [0.2, 0.25) is 0 Å². The highest BCUT2D eigenvalue weighted by atomic mass is 32.2. The fourth-order valence-electron chi connectivity index (χ4n) is 0.554. The van der Waals surface area contributed by atoms with Crippen molar-refractivity contribution >= 4 is 12.1 Å². The van der Waals surface area contributed by atoms with Crippen molar-refractivity contribution in [2.24, 2.45) is 0 Å². The minimum Gasteiger partial charge on any atom is -0.154 e.